The largest absolute Gasteiger partial charge is 0.355 e. The van der Waals surface area contributed by atoms with Gasteiger partial charge in [0, 0.05) is 36.8 Å². The molecule has 0 aromatic carbocycles. The van der Waals surface area contributed by atoms with Crippen LogP contribution in [0.25, 0.3) is 11.4 Å². The second kappa shape index (κ2) is 6.08. The first-order valence-electron chi connectivity index (χ1n) is 6.26. The van der Waals surface area contributed by atoms with E-state index in [1.165, 1.54) is 0 Å². The second-order valence-electron chi connectivity index (χ2n) is 4.54. The maximum Gasteiger partial charge on any atom is 0.222 e. The highest BCUT2D eigenvalue weighted by Gasteiger charge is 2.08. The fourth-order valence-electron chi connectivity index (χ4n) is 1.54. The molecule has 100 valence electrons. The number of carbonyl (C=O) groups is 1. The van der Waals surface area contributed by atoms with E-state index in [9.17, 15) is 4.79 Å². The molecule has 2 aromatic rings. The van der Waals surface area contributed by atoms with Gasteiger partial charge in [0.05, 0.1) is 0 Å². The lowest BCUT2D eigenvalue weighted by atomic mass is 10.2. The molecule has 0 radical (unpaired) electrons. The molecule has 0 saturated heterocycles. The number of hydrogen-bond acceptors (Lipinski definition) is 4. The maximum absolute atomic E-state index is 11.4. The van der Waals surface area contributed by atoms with E-state index in [4.69, 9.17) is 0 Å². The Morgan fingerprint density at radius 2 is 2.32 bits per heavy atom. The van der Waals surface area contributed by atoms with Gasteiger partial charge in [0.1, 0.15) is 5.82 Å². The van der Waals surface area contributed by atoms with E-state index in [0.29, 0.717) is 18.8 Å². The molecule has 0 spiro atoms. The lowest BCUT2D eigenvalue weighted by Gasteiger charge is -2.05. The van der Waals surface area contributed by atoms with Crippen molar-refractivity contribution in [3.05, 3.63) is 30.4 Å². The predicted octanol–water partition coefficient (Wildman–Crippen LogP) is 1.18. The third kappa shape index (κ3) is 3.61. The Kier molecular flexibility index (Phi) is 4.22. The van der Waals surface area contributed by atoms with Crippen molar-refractivity contribution >= 4 is 5.91 Å². The first-order valence-corrected chi connectivity index (χ1v) is 6.26. The average molecular weight is 259 g/mol. The molecule has 2 rings (SSSR count). The Morgan fingerprint density at radius 3 is 3.00 bits per heavy atom. The predicted molar refractivity (Wildman–Crippen MR) is 71.2 cm³/mol. The highest BCUT2D eigenvalue weighted by Crippen LogP contribution is 2.11. The monoisotopic (exact) mass is 259 g/mol. The number of rotatable bonds is 5. The van der Waals surface area contributed by atoms with Crippen molar-refractivity contribution in [3.63, 3.8) is 0 Å². The van der Waals surface area contributed by atoms with Gasteiger partial charge >= 0.3 is 0 Å². The van der Waals surface area contributed by atoms with E-state index >= 15 is 0 Å². The number of aromatic nitrogens is 4. The van der Waals surface area contributed by atoms with Gasteiger partial charge < -0.3 is 5.32 Å². The standard InChI is InChI=1S/C13H17N5O/c1-9(2)13(19)15-7-5-11-16-12(18-17-11)10-4-3-6-14-8-10/h3-4,6,8-9H,5,7H2,1-2H3,(H,15,19)(H,16,17,18). The summed E-state index contributed by atoms with van der Waals surface area (Å²) in [6.45, 7) is 4.28. The van der Waals surface area contributed by atoms with Crippen LogP contribution in [0.2, 0.25) is 0 Å². The van der Waals surface area contributed by atoms with E-state index in [1.54, 1.807) is 12.4 Å². The summed E-state index contributed by atoms with van der Waals surface area (Å²) < 4.78 is 0. The molecule has 0 bridgehead atoms. The quantitative estimate of drug-likeness (QED) is 0.844. The summed E-state index contributed by atoms with van der Waals surface area (Å²) in [4.78, 5) is 19.8. The smallest absolute Gasteiger partial charge is 0.222 e. The lowest BCUT2D eigenvalue weighted by Crippen LogP contribution is -2.29. The van der Waals surface area contributed by atoms with Crippen LogP contribution in [-0.2, 0) is 11.2 Å². The van der Waals surface area contributed by atoms with Gasteiger partial charge in [0.15, 0.2) is 5.82 Å². The molecule has 2 heterocycles. The van der Waals surface area contributed by atoms with E-state index in [0.717, 1.165) is 11.4 Å². The Labute approximate surface area is 111 Å². The number of carbonyl (C=O) groups excluding carboxylic acids is 1. The topological polar surface area (TPSA) is 83.6 Å². The molecule has 2 aromatic heterocycles. The number of aromatic amines is 1. The van der Waals surface area contributed by atoms with Crippen LogP contribution in [0.15, 0.2) is 24.5 Å². The molecule has 0 aliphatic heterocycles. The van der Waals surface area contributed by atoms with Crippen LogP contribution in [0, 0.1) is 5.92 Å². The van der Waals surface area contributed by atoms with Gasteiger partial charge in [0.25, 0.3) is 0 Å². The molecule has 0 saturated carbocycles. The Balaban J connectivity index is 1.90. The Bertz CT molecular complexity index is 535. The molecule has 0 fully saturated rings. The van der Waals surface area contributed by atoms with Crippen LogP contribution in [0.4, 0.5) is 0 Å². The fraction of sp³-hybridized carbons (Fsp3) is 0.385. The zero-order valence-electron chi connectivity index (χ0n) is 11.1. The highest BCUT2D eigenvalue weighted by molar-refractivity contribution is 5.77. The average Bonchev–Trinajstić information content (AvgIpc) is 2.88. The van der Waals surface area contributed by atoms with Gasteiger partial charge in [-0.3, -0.25) is 14.9 Å². The molecule has 0 aliphatic rings. The molecule has 0 atom stereocenters. The molecule has 6 nitrogen and oxygen atoms in total. The van der Waals surface area contributed by atoms with Gasteiger partial charge in [-0.2, -0.15) is 5.10 Å². The second-order valence-corrected chi connectivity index (χ2v) is 4.54. The highest BCUT2D eigenvalue weighted by atomic mass is 16.1. The van der Waals surface area contributed by atoms with Crippen molar-refractivity contribution in [1.82, 2.24) is 25.5 Å². The third-order valence-corrected chi connectivity index (χ3v) is 2.64. The number of H-pyrrole nitrogens is 1. The summed E-state index contributed by atoms with van der Waals surface area (Å²) in [5.41, 5.74) is 0.871. The number of nitrogens with zero attached hydrogens (tertiary/aromatic N) is 3. The molecular weight excluding hydrogens is 242 g/mol. The number of hydrogen-bond donors (Lipinski definition) is 2. The van der Waals surface area contributed by atoms with Crippen molar-refractivity contribution in [1.29, 1.82) is 0 Å². The summed E-state index contributed by atoms with van der Waals surface area (Å²) in [7, 11) is 0. The van der Waals surface area contributed by atoms with E-state index in [1.807, 2.05) is 26.0 Å². The minimum Gasteiger partial charge on any atom is -0.355 e. The molecule has 2 N–H and O–H groups in total. The summed E-state index contributed by atoms with van der Waals surface area (Å²) in [5, 5.41) is 9.84. The summed E-state index contributed by atoms with van der Waals surface area (Å²) in [5.74, 6) is 1.42. The minimum absolute atomic E-state index is 0.000630. The van der Waals surface area contributed by atoms with Crippen molar-refractivity contribution in [2.45, 2.75) is 20.3 Å². The zero-order valence-corrected chi connectivity index (χ0v) is 11.1. The SMILES string of the molecule is CC(C)C(=O)NCCc1nc(-c2cccnc2)n[nH]1. The van der Waals surface area contributed by atoms with Gasteiger partial charge in [-0.25, -0.2) is 4.98 Å². The van der Waals surface area contributed by atoms with Gasteiger partial charge in [-0.1, -0.05) is 13.8 Å². The number of amides is 1. The first kappa shape index (κ1) is 13.2. The number of pyridine rings is 1. The van der Waals surface area contributed by atoms with Gasteiger partial charge in [0.2, 0.25) is 5.91 Å². The molecule has 1 amide bonds. The molecule has 19 heavy (non-hydrogen) atoms. The zero-order chi connectivity index (χ0) is 13.7. The van der Waals surface area contributed by atoms with E-state index in [-0.39, 0.29) is 11.8 Å². The Morgan fingerprint density at radius 1 is 1.47 bits per heavy atom. The Hall–Kier alpha value is -2.24. The summed E-state index contributed by atoms with van der Waals surface area (Å²) in [6, 6.07) is 3.74. The van der Waals surface area contributed by atoms with Crippen molar-refractivity contribution in [3.8, 4) is 11.4 Å². The van der Waals surface area contributed by atoms with Crippen LogP contribution >= 0.6 is 0 Å². The van der Waals surface area contributed by atoms with Crippen LogP contribution in [0.5, 0.6) is 0 Å². The van der Waals surface area contributed by atoms with Crippen LogP contribution < -0.4 is 5.32 Å². The summed E-state index contributed by atoms with van der Waals surface area (Å²) in [6.07, 6.45) is 4.05. The summed E-state index contributed by atoms with van der Waals surface area (Å²) >= 11 is 0. The van der Waals surface area contributed by atoms with Crippen LogP contribution in [-0.4, -0.2) is 32.6 Å². The van der Waals surface area contributed by atoms with Crippen molar-refractivity contribution in [2.24, 2.45) is 5.92 Å². The van der Waals surface area contributed by atoms with Crippen molar-refractivity contribution < 1.29 is 4.79 Å². The van der Waals surface area contributed by atoms with Gasteiger partial charge in [-0.05, 0) is 12.1 Å². The third-order valence-electron chi connectivity index (χ3n) is 2.64. The minimum atomic E-state index is 0.000630. The number of nitrogens with one attached hydrogen (secondary N) is 2. The van der Waals surface area contributed by atoms with Crippen molar-refractivity contribution in [2.75, 3.05) is 6.54 Å². The molecule has 0 unspecified atom stereocenters. The normalized spacial score (nSPS) is 10.7. The van der Waals surface area contributed by atoms with Crippen LogP contribution in [0.3, 0.4) is 0 Å². The fourth-order valence-corrected chi connectivity index (χ4v) is 1.54. The lowest BCUT2D eigenvalue weighted by molar-refractivity contribution is -0.123. The molecule has 6 heteroatoms. The van der Waals surface area contributed by atoms with E-state index < -0.39 is 0 Å². The van der Waals surface area contributed by atoms with Crippen LogP contribution in [0.1, 0.15) is 19.7 Å². The maximum atomic E-state index is 11.4. The van der Waals surface area contributed by atoms with E-state index in [2.05, 4.69) is 25.5 Å². The molecular formula is C13H17N5O. The first-order chi connectivity index (χ1) is 9.16. The van der Waals surface area contributed by atoms with Gasteiger partial charge in [-0.15, -0.1) is 0 Å². The molecule has 0 aliphatic carbocycles.